The molecule has 9 heteroatoms. The number of hydrogen-bond donors (Lipinski definition) is 1. The zero-order chi connectivity index (χ0) is 20.3. The quantitative estimate of drug-likeness (QED) is 0.588. The van der Waals surface area contributed by atoms with Crippen LogP contribution in [0.4, 0.5) is 15.8 Å². The minimum Gasteiger partial charge on any atom is -0.342 e. The van der Waals surface area contributed by atoms with E-state index in [0.717, 1.165) is 11.6 Å². The summed E-state index contributed by atoms with van der Waals surface area (Å²) in [6.07, 6.45) is 0.647. The molecule has 146 valence electrons. The van der Waals surface area contributed by atoms with Crippen LogP contribution in [0.1, 0.15) is 12.0 Å². The Morgan fingerprint density at radius 3 is 2.64 bits per heavy atom. The van der Waals surface area contributed by atoms with Crippen molar-refractivity contribution in [3.63, 3.8) is 0 Å². The third-order valence-corrected chi connectivity index (χ3v) is 4.90. The molecule has 28 heavy (non-hydrogen) atoms. The average Bonchev–Trinajstić information content (AvgIpc) is 3.03. The maximum atomic E-state index is 12.9. The first-order chi connectivity index (χ1) is 13.3. The molecule has 0 bridgehead atoms. The first-order valence-corrected chi connectivity index (χ1v) is 8.98. The third-order valence-electron chi connectivity index (χ3n) is 4.59. The SMILES string of the molecule is O=C(Nc1ccc([N+](=O)[O-])cc1Cl)[C@H]1CC(=O)N(CCc2ccc(F)cc2)C1. The first-order valence-electron chi connectivity index (χ1n) is 8.60. The molecule has 3 rings (SSSR count). The standard InChI is InChI=1S/C19H17ClFN3O4/c20-16-10-15(24(27)28)5-6-17(16)22-19(26)13-9-18(25)23(11-13)8-7-12-1-3-14(21)4-2-12/h1-6,10,13H,7-9,11H2,(H,22,26)/t13-/m0/s1. The average molecular weight is 406 g/mol. The summed E-state index contributed by atoms with van der Waals surface area (Å²) in [5, 5.41) is 13.4. The first kappa shape index (κ1) is 19.8. The molecule has 1 atom stereocenters. The van der Waals surface area contributed by atoms with Crippen molar-refractivity contribution in [3.05, 3.63) is 69.0 Å². The number of carbonyl (C=O) groups is 2. The number of nitrogens with one attached hydrogen (secondary N) is 1. The molecule has 2 amide bonds. The van der Waals surface area contributed by atoms with Crippen molar-refractivity contribution < 1.29 is 18.9 Å². The summed E-state index contributed by atoms with van der Waals surface area (Å²) in [4.78, 5) is 36.4. The van der Waals surface area contributed by atoms with Crippen molar-refractivity contribution in [2.45, 2.75) is 12.8 Å². The molecule has 0 saturated carbocycles. The summed E-state index contributed by atoms with van der Waals surface area (Å²) in [6.45, 7) is 0.711. The molecule has 1 aliphatic heterocycles. The summed E-state index contributed by atoms with van der Waals surface area (Å²) < 4.78 is 12.9. The molecule has 0 spiro atoms. The minimum atomic E-state index is -0.577. The van der Waals surface area contributed by atoms with E-state index in [-0.39, 0.29) is 47.0 Å². The van der Waals surface area contributed by atoms with Crippen LogP contribution in [0, 0.1) is 21.8 Å². The summed E-state index contributed by atoms with van der Waals surface area (Å²) >= 11 is 5.99. The Hall–Kier alpha value is -3.00. The lowest BCUT2D eigenvalue weighted by atomic mass is 10.1. The molecule has 1 fully saturated rings. The van der Waals surface area contributed by atoms with Gasteiger partial charge >= 0.3 is 0 Å². The van der Waals surface area contributed by atoms with Gasteiger partial charge in [0.15, 0.2) is 0 Å². The zero-order valence-electron chi connectivity index (χ0n) is 14.7. The van der Waals surface area contributed by atoms with Crippen molar-refractivity contribution in [2.75, 3.05) is 18.4 Å². The topological polar surface area (TPSA) is 92.5 Å². The van der Waals surface area contributed by atoms with Gasteiger partial charge in [-0.2, -0.15) is 0 Å². The van der Waals surface area contributed by atoms with E-state index in [1.807, 2.05) is 0 Å². The Morgan fingerprint density at radius 2 is 2.00 bits per heavy atom. The van der Waals surface area contributed by atoms with Crippen molar-refractivity contribution in [2.24, 2.45) is 5.92 Å². The van der Waals surface area contributed by atoms with Crippen LogP contribution in [-0.2, 0) is 16.0 Å². The fourth-order valence-electron chi connectivity index (χ4n) is 3.03. The van der Waals surface area contributed by atoms with E-state index < -0.39 is 10.8 Å². The Bertz CT molecular complexity index is 920. The molecule has 2 aromatic carbocycles. The van der Waals surface area contributed by atoms with Crippen LogP contribution in [-0.4, -0.2) is 34.7 Å². The summed E-state index contributed by atoms with van der Waals surface area (Å²) in [5.41, 5.74) is 0.986. The number of non-ortho nitro benzene ring substituents is 1. The number of nitro benzene ring substituents is 1. The van der Waals surface area contributed by atoms with E-state index in [4.69, 9.17) is 11.6 Å². The Labute approximate surface area is 165 Å². The highest BCUT2D eigenvalue weighted by Gasteiger charge is 2.34. The van der Waals surface area contributed by atoms with Crippen LogP contribution in [0.25, 0.3) is 0 Å². The Morgan fingerprint density at radius 1 is 1.29 bits per heavy atom. The van der Waals surface area contributed by atoms with Gasteiger partial charge in [0.25, 0.3) is 5.69 Å². The van der Waals surface area contributed by atoms with Gasteiger partial charge in [-0.05, 0) is 30.2 Å². The van der Waals surface area contributed by atoms with E-state index in [1.54, 1.807) is 17.0 Å². The molecule has 1 aliphatic rings. The third kappa shape index (κ3) is 4.64. The van der Waals surface area contributed by atoms with Crippen molar-refractivity contribution >= 4 is 34.8 Å². The predicted octanol–water partition coefficient (Wildman–Crippen LogP) is 3.42. The number of hydrogen-bond acceptors (Lipinski definition) is 4. The number of rotatable bonds is 6. The molecule has 1 N–H and O–H groups in total. The van der Waals surface area contributed by atoms with Crippen molar-refractivity contribution in [1.29, 1.82) is 0 Å². The van der Waals surface area contributed by atoms with Crippen molar-refractivity contribution in [1.82, 2.24) is 4.90 Å². The van der Waals surface area contributed by atoms with Gasteiger partial charge in [-0.3, -0.25) is 19.7 Å². The Balaban J connectivity index is 1.57. The molecular formula is C19H17ClFN3O4. The maximum Gasteiger partial charge on any atom is 0.271 e. The smallest absolute Gasteiger partial charge is 0.271 e. The number of carbonyl (C=O) groups excluding carboxylic acids is 2. The summed E-state index contributed by atoms with van der Waals surface area (Å²) in [5.74, 6) is -1.35. The van der Waals surface area contributed by atoms with E-state index in [2.05, 4.69) is 5.32 Å². The van der Waals surface area contributed by atoms with Gasteiger partial charge < -0.3 is 10.2 Å². The molecular weight excluding hydrogens is 389 g/mol. The largest absolute Gasteiger partial charge is 0.342 e. The van der Waals surface area contributed by atoms with Crippen LogP contribution in [0.3, 0.4) is 0 Å². The van der Waals surface area contributed by atoms with Gasteiger partial charge in [0.05, 0.1) is 21.6 Å². The van der Waals surface area contributed by atoms with Crippen LogP contribution in [0.2, 0.25) is 5.02 Å². The normalized spacial score (nSPS) is 16.3. The Kier molecular flexibility index (Phi) is 5.89. The zero-order valence-corrected chi connectivity index (χ0v) is 15.5. The molecule has 0 radical (unpaired) electrons. The fourth-order valence-corrected chi connectivity index (χ4v) is 3.25. The summed E-state index contributed by atoms with van der Waals surface area (Å²) in [6, 6.07) is 9.83. The lowest BCUT2D eigenvalue weighted by molar-refractivity contribution is -0.384. The molecule has 7 nitrogen and oxygen atoms in total. The lowest BCUT2D eigenvalue weighted by Crippen LogP contribution is -2.30. The fraction of sp³-hybridized carbons (Fsp3) is 0.263. The van der Waals surface area contributed by atoms with Gasteiger partial charge in [-0.15, -0.1) is 0 Å². The lowest BCUT2D eigenvalue weighted by Gasteiger charge is -2.16. The van der Waals surface area contributed by atoms with Gasteiger partial charge in [0, 0.05) is 31.6 Å². The number of nitro groups is 1. The number of nitrogens with zero attached hydrogens (tertiary/aromatic N) is 2. The van der Waals surface area contributed by atoms with E-state index >= 15 is 0 Å². The van der Waals surface area contributed by atoms with Crippen molar-refractivity contribution in [3.8, 4) is 0 Å². The highest BCUT2D eigenvalue weighted by molar-refractivity contribution is 6.34. The number of amides is 2. The second kappa shape index (κ2) is 8.35. The van der Waals surface area contributed by atoms with Gasteiger partial charge in [0.1, 0.15) is 5.82 Å². The molecule has 0 unspecified atom stereocenters. The van der Waals surface area contributed by atoms with E-state index in [9.17, 15) is 24.1 Å². The second-order valence-electron chi connectivity index (χ2n) is 6.53. The second-order valence-corrected chi connectivity index (χ2v) is 6.93. The summed E-state index contributed by atoms with van der Waals surface area (Å²) in [7, 11) is 0. The molecule has 0 aromatic heterocycles. The van der Waals surface area contributed by atoms with Gasteiger partial charge in [0.2, 0.25) is 11.8 Å². The van der Waals surface area contributed by atoms with Gasteiger partial charge in [-0.1, -0.05) is 23.7 Å². The molecule has 2 aromatic rings. The minimum absolute atomic E-state index is 0.0556. The highest BCUT2D eigenvalue weighted by Crippen LogP contribution is 2.28. The van der Waals surface area contributed by atoms with Crippen LogP contribution < -0.4 is 5.32 Å². The number of benzene rings is 2. The highest BCUT2D eigenvalue weighted by atomic mass is 35.5. The van der Waals surface area contributed by atoms with E-state index in [0.29, 0.717) is 13.0 Å². The van der Waals surface area contributed by atoms with Crippen LogP contribution in [0.15, 0.2) is 42.5 Å². The van der Waals surface area contributed by atoms with Crippen LogP contribution in [0.5, 0.6) is 0 Å². The van der Waals surface area contributed by atoms with E-state index in [1.165, 1.54) is 24.3 Å². The number of halogens is 2. The number of anilines is 1. The van der Waals surface area contributed by atoms with Crippen LogP contribution >= 0.6 is 11.6 Å². The molecule has 1 heterocycles. The van der Waals surface area contributed by atoms with Gasteiger partial charge in [-0.25, -0.2) is 4.39 Å². The predicted molar refractivity (Wildman–Crippen MR) is 102 cm³/mol. The number of likely N-dealkylation sites (tertiary alicyclic amines) is 1. The molecule has 0 aliphatic carbocycles. The monoisotopic (exact) mass is 405 g/mol. The molecule has 1 saturated heterocycles. The maximum absolute atomic E-state index is 12.9.